The number of aromatic nitrogens is 1. The summed E-state index contributed by atoms with van der Waals surface area (Å²) in [6, 6.07) is 13.6. The van der Waals surface area contributed by atoms with Gasteiger partial charge in [0.2, 0.25) is 0 Å². The largest absolute Gasteiger partial charge is 0.256 e. The third-order valence-electron chi connectivity index (χ3n) is 7.28. The summed E-state index contributed by atoms with van der Waals surface area (Å²) in [6.07, 6.45) is 21.2. The number of rotatable bonds is 12. The molecule has 1 aromatic carbocycles. The fraction of sp³-hybridized carbons (Fsp3) is 0.621. The predicted molar refractivity (Wildman–Crippen MR) is 131 cm³/mol. The fourth-order valence-electron chi connectivity index (χ4n) is 4.99. The average Bonchev–Trinajstić information content (AvgIpc) is 2.81. The molecule has 1 aromatic heterocycles. The third-order valence-corrected chi connectivity index (χ3v) is 7.28. The molecule has 3 rings (SSSR count). The molecule has 0 saturated heterocycles. The van der Waals surface area contributed by atoms with Gasteiger partial charge in [0.05, 0.1) is 5.69 Å². The molecule has 0 aliphatic heterocycles. The number of nitrogens with zero attached hydrogens (tertiary/aromatic N) is 1. The maximum atomic E-state index is 4.77. The van der Waals surface area contributed by atoms with E-state index < -0.39 is 0 Å². The van der Waals surface area contributed by atoms with Crippen molar-refractivity contribution in [3.63, 3.8) is 0 Å². The van der Waals surface area contributed by atoms with Gasteiger partial charge in [-0.05, 0) is 54.7 Å². The molecule has 1 heteroatoms. The van der Waals surface area contributed by atoms with Gasteiger partial charge in [-0.2, -0.15) is 0 Å². The lowest BCUT2D eigenvalue weighted by atomic mass is 9.79. The summed E-state index contributed by atoms with van der Waals surface area (Å²) < 4.78 is 0. The summed E-state index contributed by atoms with van der Waals surface area (Å²) in [7, 11) is 0. The van der Waals surface area contributed by atoms with Crippen LogP contribution in [0.3, 0.4) is 0 Å². The van der Waals surface area contributed by atoms with Crippen LogP contribution in [0.15, 0.2) is 42.6 Å². The summed E-state index contributed by atoms with van der Waals surface area (Å²) >= 11 is 0. The molecule has 1 aliphatic rings. The van der Waals surface area contributed by atoms with E-state index in [9.17, 15) is 0 Å². The van der Waals surface area contributed by atoms with Crippen LogP contribution in [0.25, 0.3) is 11.3 Å². The second-order valence-corrected chi connectivity index (χ2v) is 9.60. The molecule has 1 fully saturated rings. The molecule has 1 heterocycles. The maximum Gasteiger partial charge on any atom is 0.0702 e. The molecular weight excluding hydrogens is 362 g/mol. The molecule has 164 valence electrons. The van der Waals surface area contributed by atoms with E-state index >= 15 is 0 Å². The van der Waals surface area contributed by atoms with Gasteiger partial charge in [-0.3, -0.25) is 4.98 Å². The first-order chi connectivity index (χ1) is 14.8. The van der Waals surface area contributed by atoms with Crippen molar-refractivity contribution < 1.29 is 0 Å². The molecular formula is C29H43N. The highest BCUT2D eigenvalue weighted by atomic mass is 14.7. The topological polar surface area (TPSA) is 12.9 Å². The lowest BCUT2D eigenvalue weighted by Gasteiger charge is -2.27. The van der Waals surface area contributed by atoms with Crippen LogP contribution in [0.5, 0.6) is 0 Å². The molecule has 0 unspecified atom stereocenters. The Kier molecular flexibility index (Phi) is 9.93. The number of hydrogen-bond acceptors (Lipinski definition) is 1. The zero-order valence-electron chi connectivity index (χ0n) is 19.5. The Morgan fingerprint density at radius 3 is 2.03 bits per heavy atom. The van der Waals surface area contributed by atoms with Gasteiger partial charge in [0, 0.05) is 11.8 Å². The van der Waals surface area contributed by atoms with Crippen LogP contribution in [0, 0.1) is 11.8 Å². The molecule has 0 spiro atoms. The maximum absolute atomic E-state index is 4.77. The second-order valence-electron chi connectivity index (χ2n) is 9.60. The van der Waals surface area contributed by atoms with Crippen molar-refractivity contribution in [3.8, 4) is 11.3 Å². The Balaban J connectivity index is 1.41. The van der Waals surface area contributed by atoms with E-state index in [-0.39, 0.29) is 0 Å². The van der Waals surface area contributed by atoms with Crippen molar-refractivity contribution in [1.82, 2.24) is 4.98 Å². The minimum Gasteiger partial charge on any atom is -0.256 e. The molecule has 1 aliphatic carbocycles. The van der Waals surface area contributed by atoms with Crippen LogP contribution in [0.4, 0.5) is 0 Å². The first-order valence-corrected chi connectivity index (χ1v) is 12.8. The summed E-state index contributed by atoms with van der Waals surface area (Å²) in [5, 5.41) is 0. The zero-order chi connectivity index (χ0) is 21.0. The molecule has 0 bridgehead atoms. The van der Waals surface area contributed by atoms with Crippen molar-refractivity contribution in [2.24, 2.45) is 11.8 Å². The molecule has 0 atom stereocenters. The first-order valence-electron chi connectivity index (χ1n) is 12.8. The summed E-state index contributed by atoms with van der Waals surface area (Å²) in [5.41, 5.74) is 5.21. The summed E-state index contributed by atoms with van der Waals surface area (Å²) in [5.74, 6) is 1.94. The molecule has 0 radical (unpaired) electrons. The third kappa shape index (κ3) is 7.56. The minimum absolute atomic E-state index is 0.937. The Hall–Kier alpha value is -1.63. The number of aryl methyl sites for hydroxylation is 2. The molecule has 1 saturated carbocycles. The number of unbranched alkanes of at least 4 members (excludes halogenated alkanes) is 5. The SMILES string of the molecule is CCCCCCCCc1ccc(-c2ccc(CCC3CCC(CC)CC3)cn2)cc1. The highest BCUT2D eigenvalue weighted by Gasteiger charge is 2.19. The van der Waals surface area contributed by atoms with Crippen LogP contribution >= 0.6 is 0 Å². The Morgan fingerprint density at radius 2 is 1.37 bits per heavy atom. The molecule has 0 amide bonds. The quantitative estimate of drug-likeness (QED) is 0.321. The molecule has 2 aromatic rings. The van der Waals surface area contributed by atoms with E-state index in [1.807, 2.05) is 0 Å². The van der Waals surface area contributed by atoms with Crippen molar-refractivity contribution in [2.75, 3.05) is 0 Å². The first kappa shape index (κ1) is 23.0. The fourth-order valence-corrected chi connectivity index (χ4v) is 4.99. The Labute approximate surface area is 185 Å². The van der Waals surface area contributed by atoms with Crippen LogP contribution in [0.2, 0.25) is 0 Å². The number of pyridine rings is 1. The van der Waals surface area contributed by atoms with Gasteiger partial charge in [0.1, 0.15) is 0 Å². The lowest BCUT2D eigenvalue weighted by Crippen LogP contribution is -2.14. The number of benzene rings is 1. The van der Waals surface area contributed by atoms with E-state index in [4.69, 9.17) is 4.98 Å². The number of hydrogen-bond donors (Lipinski definition) is 0. The van der Waals surface area contributed by atoms with E-state index in [2.05, 4.69) is 56.4 Å². The van der Waals surface area contributed by atoms with Crippen molar-refractivity contribution >= 4 is 0 Å². The van der Waals surface area contributed by atoms with Crippen LogP contribution in [-0.4, -0.2) is 4.98 Å². The Bertz CT molecular complexity index is 692. The molecule has 30 heavy (non-hydrogen) atoms. The molecule has 1 nitrogen and oxygen atoms in total. The van der Waals surface area contributed by atoms with E-state index in [1.165, 1.54) is 107 Å². The van der Waals surface area contributed by atoms with E-state index in [0.717, 1.165) is 17.5 Å². The van der Waals surface area contributed by atoms with Crippen molar-refractivity contribution in [2.45, 2.75) is 104 Å². The van der Waals surface area contributed by atoms with Gasteiger partial charge >= 0.3 is 0 Å². The summed E-state index contributed by atoms with van der Waals surface area (Å²) in [4.78, 5) is 4.77. The van der Waals surface area contributed by atoms with Gasteiger partial charge in [0.25, 0.3) is 0 Å². The summed E-state index contributed by atoms with van der Waals surface area (Å²) in [6.45, 7) is 4.63. The van der Waals surface area contributed by atoms with Crippen LogP contribution < -0.4 is 0 Å². The average molecular weight is 406 g/mol. The second kappa shape index (κ2) is 12.9. The monoisotopic (exact) mass is 405 g/mol. The Morgan fingerprint density at radius 1 is 0.700 bits per heavy atom. The van der Waals surface area contributed by atoms with Gasteiger partial charge in [-0.15, -0.1) is 0 Å². The normalized spacial score (nSPS) is 19.1. The smallest absolute Gasteiger partial charge is 0.0702 e. The van der Waals surface area contributed by atoms with Gasteiger partial charge in [0.15, 0.2) is 0 Å². The lowest BCUT2D eigenvalue weighted by molar-refractivity contribution is 0.259. The molecule has 0 N–H and O–H groups in total. The predicted octanol–water partition coefficient (Wildman–Crippen LogP) is 8.80. The van der Waals surface area contributed by atoms with Crippen LogP contribution in [-0.2, 0) is 12.8 Å². The van der Waals surface area contributed by atoms with E-state index in [0.29, 0.717) is 0 Å². The van der Waals surface area contributed by atoms with E-state index in [1.54, 1.807) is 0 Å². The standard InChI is InChI=1S/C29H43N/c1-3-5-6-7-8-9-10-25-17-20-28(21-18-25)29-22-19-27(23-30-29)16-15-26-13-11-24(4-2)12-14-26/h17-24,26H,3-16H2,1-2H3. The highest BCUT2D eigenvalue weighted by Crippen LogP contribution is 2.33. The van der Waals surface area contributed by atoms with Crippen molar-refractivity contribution in [1.29, 1.82) is 0 Å². The minimum atomic E-state index is 0.937. The van der Waals surface area contributed by atoms with Gasteiger partial charge < -0.3 is 0 Å². The van der Waals surface area contributed by atoms with Crippen molar-refractivity contribution in [3.05, 3.63) is 53.7 Å². The van der Waals surface area contributed by atoms with Crippen LogP contribution in [0.1, 0.15) is 102 Å². The van der Waals surface area contributed by atoms with Gasteiger partial charge in [-0.1, -0.05) is 108 Å². The van der Waals surface area contributed by atoms with Gasteiger partial charge in [-0.25, -0.2) is 0 Å². The zero-order valence-corrected chi connectivity index (χ0v) is 19.5. The highest BCUT2D eigenvalue weighted by molar-refractivity contribution is 5.59.